The SMILES string of the molecule is CC1CN(C(=O)[C@@H]2C[C@H]2C(=O)Nc2cc(-c3ccc(OC4CCOCC4)c(CN)c3)ccn2)C1.C[C@@H]1C[C@H]1C(=O)Nc1cccc(-c2ccc(O[C@H]3CCN(C(=O)CO)C[C@H]3F)c(CN)c2)c1.NCc1cc(-c2cc(NC(=O)C3CC3)ccn2)ccc1O[C@H]1CCN(C=O)C[C@H]1F. The molecule has 0 bridgehead atoms. The molecule has 4 aliphatic heterocycles. The maximum Gasteiger partial charge on any atom is 0.248 e. The Labute approximate surface area is 563 Å². The van der Waals surface area contributed by atoms with E-state index in [2.05, 4.69) is 39.8 Å². The molecule has 4 saturated heterocycles. The molecule has 6 amide bonds. The average Bonchev–Trinajstić information content (AvgIpc) is 1.66. The predicted molar refractivity (Wildman–Crippen MR) is 362 cm³/mol. The Balaban J connectivity index is 0.000000148. The van der Waals surface area contributed by atoms with Gasteiger partial charge >= 0.3 is 0 Å². The van der Waals surface area contributed by atoms with E-state index in [9.17, 15) is 37.5 Å². The number of hydrogen-bond acceptors (Lipinski definition) is 16. The molecule has 514 valence electrons. The molecule has 0 spiro atoms. The highest BCUT2D eigenvalue weighted by Crippen LogP contribution is 2.43. The summed E-state index contributed by atoms with van der Waals surface area (Å²) in [5.41, 5.74) is 27.0. The number of nitrogens with zero attached hydrogens (tertiary/aromatic N) is 5. The van der Waals surface area contributed by atoms with Gasteiger partial charge < -0.3 is 71.9 Å². The largest absolute Gasteiger partial charge is 0.490 e. The number of ether oxygens (including phenoxy) is 4. The zero-order valence-electron chi connectivity index (χ0n) is 54.8. The highest BCUT2D eigenvalue weighted by Gasteiger charge is 2.51. The van der Waals surface area contributed by atoms with Crippen LogP contribution in [0, 0.1) is 35.5 Å². The minimum absolute atomic E-state index is 0.0352. The minimum atomic E-state index is -1.35. The van der Waals surface area contributed by atoms with Crippen LogP contribution < -0.4 is 47.4 Å². The van der Waals surface area contributed by atoms with Crippen molar-refractivity contribution in [3.8, 4) is 50.8 Å². The summed E-state index contributed by atoms with van der Waals surface area (Å²) in [6.45, 7) is 8.18. The molecule has 22 nitrogen and oxygen atoms in total. The lowest BCUT2D eigenvalue weighted by atomic mass is 10.0. The second-order valence-corrected chi connectivity index (χ2v) is 26.3. The maximum atomic E-state index is 14.6. The Hall–Kier alpha value is -8.94. The number of rotatable bonds is 21. The van der Waals surface area contributed by atoms with Gasteiger partial charge in [0.15, 0.2) is 12.3 Å². The van der Waals surface area contributed by atoms with Gasteiger partial charge in [-0.2, -0.15) is 0 Å². The molecule has 6 heterocycles. The third-order valence-corrected chi connectivity index (χ3v) is 18.8. The number of carbonyl (C=O) groups excluding carboxylic acids is 6. The van der Waals surface area contributed by atoms with Gasteiger partial charge in [0, 0.05) is 129 Å². The zero-order chi connectivity index (χ0) is 68.3. The Bertz CT molecular complexity index is 3790. The number of alkyl halides is 2. The Morgan fingerprint density at radius 2 is 1.15 bits per heavy atom. The molecule has 0 unspecified atom stereocenters. The molecule has 24 heteroatoms. The van der Waals surface area contributed by atoms with Crippen molar-refractivity contribution in [3.63, 3.8) is 0 Å². The maximum absolute atomic E-state index is 14.6. The van der Waals surface area contributed by atoms with Gasteiger partial charge in [-0.3, -0.25) is 33.8 Å². The van der Waals surface area contributed by atoms with Gasteiger partial charge in [-0.1, -0.05) is 38.1 Å². The van der Waals surface area contributed by atoms with Crippen LogP contribution in [0.3, 0.4) is 0 Å². The number of likely N-dealkylation sites (tertiary alicyclic amines) is 3. The summed E-state index contributed by atoms with van der Waals surface area (Å²) in [4.78, 5) is 85.2. The topological polar surface area (TPSA) is 309 Å². The smallest absolute Gasteiger partial charge is 0.248 e. The van der Waals surface area contributed by atoms with E-state index in [1.165, 1.54) is 9.80 Å². The number of piperidine rings is 2. The first-order chi connectivity index (χ1) is 47.0. The van der Waals surface area contributed by atoms with Crippen LogP contribution in [0.2, 0.25) is 0 Å². The molecular weight excluding hydrogens is 1240 g/mol. The van der Waals surface area contributed by atoms with Gasteiger partial charge in [0.1, 0.15) is 48.0 Å². The number of aliphatic hydroxyl groups is 1. The Morgan fingerprint density at radius 1 is 0.588 bits per heavy atom. The number of anilines is 3. The summed E-state index contributed by atoms with van der Waals surface area (Å²) < 4.78 is 52.4. The van der Waals surface area contributed by atoms with Crippen molar-refractivity contribution in [2.75, 3.05) is 75.0 Å². The lowest BCUT2D eigenvalue weighted by Gasteiger charge is -2.37. The van der Waals surface area contributed by atoms with Gasteiger partial charge in [-0.25, -0.2) is 13.8 Å². The van der Waals surface area contributed by atoms with Crippen molar-refractivity contribution < 1.29 is 61.6 Å². The van der Waals surface area contributed by atoms with Crippen LogP contribution in [0.5, 0.6) is 17.2 Å². The number of aliphatic hydroxyl groups excluding tert-OH is 1. The highest BCUT2D eigenvalue weighted by molar-refractivity contribution is 6.00. The van der Waals surface area contributed by atoms with Crippen LogP contribution in [-0.4, -0.2) is 155 Å². The molecule has 6 aromatic rings. The van der Waals surface area contributed by atoms with E-state index >= 15 is 0 Å². The van der Waals surface area contributed by atoms with Crippen molar-refractivity contribution in [3.05, 3.63) is 132 Å². The molecule has 13 rings (SSSR count). The summed E-state index contributed by atoms with van der Waals surface area (Å²) >= 11 is 0. The molecule has 0 radical (unpaired) electrons. The third kappa shape index (κ3) is 18.0. The Kier molecular flexibility index (Phi) is 22.9. The molecule has 7 fully saturated rings. The van der Waals surface area contributed by atoms with Crippen molar-refractivity contribution in [2.45, 2.75) is 116 Å². The first kappa shape index (κ1) is 69.4. The molecule has 4 aromatic carbocycles. The number of amides is 6. The summed E-state index contributed by atoms with van der Waals surface area (Å²) in [6.07, 6.45) is 6.19. The predicted octanol–water partition coefficient (Wildman–Crippen LogP) is 8.04. The van der Waals surface area contributed by atoms with Crippen molar-refractivity contribution in [2.24, 2.45) is 52.7 Å². The average molecular weight is 1330 g/mol. The monoisotopic (exact) mass is 1330 g/mol. The number of nitrogens with two attached hydrogens (primary N) is 3. The quantitative estimate of drug-likeness (QED) is 0.0335. The molecule has 10 N–H and O–H groups in total. The molecule has 97 heavy (non-hydrogen) atoms. The molecule has 7 aliphatic rings. The number of hydrogen-bond donors (Lipinski definition) is 7. The van der Waals surface area contributed by atoms with Crippen LogP contribution in [0.1, 0.15) is 81.9 Å². The highest BCUT2D eigenvalue weighted by atomic mass is 19.1. The number of pyridine rings is 2. The lowest BCUT2D eigenvalue weighted by Crippen LogP contribution is -2.50. The molecule has 3 saturated carbocycles. The number of benzene rings is 4. The van der Waals surface area contributed by atoms with Crippen LogP contribution in [0.25, 0.3) is 33.5 Å². The van der Waals surface area contributed by atoms with Crippen molar-refractivity contribution in [1.82, 2.24) is 24.7 Å². The standard InChI is InChI=1S/C26H32N4O4.C25H30FN3O4.C22H25FN4O3/c1-16-14-30(15-16)26(32)22-12-21(22)25(31)29-24-11-18(4-7-28-24)17-2-3-23(19(10-17)13-27)34-20-5-8-33-9-6-20;1-15-9-20(15)25(32)28-19-4-2-3-16(11-19)17-5-6-22(18(10-17)12-27)33-23-7-8-29(13-21(23)26)24(31)14-30;23-18-12-27(13-28)8-6-21(18)30-20-4-3-15(9-16(20)11-24)19-10-17(5-7-25-19)26-22(29)14-1-2-14/h2-4,7,10-11,16,20-22H,5-6,8-9,12-15,27H2,1H3,(H,28,29,31);2-6,10-11,15,20-21,23,30H,7-9,12-14,27H2,1H3,(H,28,32);3-5,7,9-10,13-14,18,21H,1-2,6,8,11-12,24H2,(H,25,26,29)/t21-,22-;15-,20-,21-,23+;18-,21+/m111/s1. The summed E-state index contributed by atoms with van der Waals surface area (Å²) in [5.74, 6) is 2.70. The van der Waals surface area contributed by atoms with E-state index in [4.69, 9.17) is 41.3 Å². The van der Waals surface area contributed by atoms with Crippen LogP contribution in [0.15, 0.2) is 116 Å². The number of halogens is 2. The molecule has 2 aromatic heterocycles. The van der Waals surface area contributed by atoms with Gasteiger partial charge in [0.25, 0.3) is 0 Å². The number of carbonyl (C=O) groups is 6. The normalized spacial score (nSPS) is 22.8. The van der Waals surface area contributed by atoms with E-state index in [0.29, 0.717) is 85.8 Å². The van der Waals surface area contributed by atoms with Gasteiger partial charge in [-0.15, -0.1) is 0 Å². The minimum Gasteiger partial charge on any atom is -0.490 e. The fourth-order valence-corrected chi connectivity index (χ4v) is 12.6. The van der Waals surface area contributed by atoms with E-state index in [1.54, 1.807) is 30.6 Å². The molecule has 3 aliphatic carbocycles. The van der Waals surface area contributed by atoms with Crippen molar-refractivity contribution >= 4 is 53.1 Å². The molecule has 8 atom stereocenters. The van der Waals surface area contributed by atoms with E-state index in [-0.39, 0.29) is 79.6 Å². The number of nitrogens with one attached hydrogen (secondary N) is 3. The Morgan fingerprint density at radius 3 is 1.75 bits per heavy atom. The third-order valence-electron chi connectivity index (χ3n) is 18.8. The van der Waals surface area contributed by atoms with Gasteiger partial charge in [0.05, 0.1) is 43.8 Å². The lowest BCUT2D eigenvalue weighted by molar-refractivity contribution is -0.139. The summed E-state index contributed by atoms with van der Waals surface area (Å²) in [5, 5.41) is 17.8. The summed E-state index contributed by atoms with van der Waals surface area (Å²) in [6, 6.07) is 32.0. The second kappa shape index (κ2) is 32.0. The second-order valence-electron chi connectivity index (χ2n) is 26.3. The van der Waals surface area contributed by atoms with Crippen LogP contribution >= 0.6 is 0 Å². The van der Waals surface area contributed by atoms with Gasteiger partial charge in [0.2, 0.25) is 35.9 Å². The van der Waals surface area contributed by atoms with E-state index in [1.807, 2.05) is 89.8 Å². The summed E-state index contributed by atoms with van der Waals surface area (Å²) in [7, 11) is 0. The fourth-order valence-electron chi connectivity index (χ4n) is 12.6. The first-order valence-corrected chi connectivity index (χ1v) is 33.7. The van der Waals surface area contributed by atoms with Crippen LogP contribution in [0.4, 0.5) is 26.0 Å². The zero-order valence-corrected chi connectivity index (χ0v) is 54.8. The first-order valence-electron chi connectivity index (χ1n) is 33.7. The van der Waals surface area contributed by atoms with Gasteiger partial charge in [-0.05, 0) is 139 Å². The fraction of sp³-hybridized carbons (Fsp3) is 0.452. The van der Waals surface area contributed by atoms with Crippen molar-refractivity contribution in [1.29, 1.82) is 0 Å². The van der Waals surface area contributed by atoms with Crippen LogP contribution in [-0.2, 0) is 53.1 Å². The molecular formula is C73H87F2N11O11. The van der Waals surface area contributed by atoms with E-state index in [0.717, 1.165) is 114 Å². The van der Waals surface area contributed by atoms with E-state index < -0.39 is 37.1 Å². The number of aromatic nitrogens is 2.